The number of benzene rings is 1. The Labute approximate surface area is 144 Å². The summed E-state index contributed by atoms with van der Waals surface area (Å²) < 4.78 is 0. The molecular formula is C22H38O. The monoisotopic (exact) mass is 318 g/mol. The van der Waals surface area contributed by atoms with Gasteiger partial charge in [-0.15, -0.1) is 0 Å². The Bertz CT molecular complexity index is 346. The van der Waals surface area contributed by atoms with Crippen LogP contribution in [0.3, 0.4) is 0 Å². The van der Waals surface area contributed by atoms with E-state index in [1.165, 1.54) is 77.0 Å². The lowest BCUT2D eigenvalue weighted by Crippen LogP contribution is -1.96. The van der Waals surface area contributed by atoms with Crippen molar-refractivity contribution in [3.63, 3.8) is 0 Å². The Morgan fingerprint density at radius 1 is 0.652 bits per heavy atom. The van der Waals surface area contributed by atoms with Crippen LogP contribution in [0, 0.1) is 0 Å². The highest BCUT2D eigenvalue weighted by Crippen LogP contribution is 2.20. The Morgan fingerprint density at radius 3 is 1.57 bits per heavy atom. The van der Waals surface area contributed by atoms with Gasteiger partial charge in [0, 0.05) is 0 Å². The Kier molecular flexibility index (Phi) is 13.0. The summed E-state index contributed by atoms with van der Waals surface area (Å²) in [7, 11) is 0. The summed E-state index contributed by atoms with van der Waals surface area (Å²) in [6, 6.07) is 10.0. The van der Waals surface area contributed by atoms with Crippen LogP contribution in [-0.4, -0.2) is 5.11 Å². The minimum atomic E-state index is -0.274. The van der Waals surface area contributed by atoms with E-state index >= 15 is 0 Å². The lowest BCUT2D eigenvalue weighted by molar-refractivity contribution is 0.163. The first-order chi connectivity index (χ1) is 11.3. The van der Waals surface area contributed by atoms with Crippen molar-refractivity contribution in [1.29, 1.82) is 0 Å². The van der Waals surface area contributed by atoms with E-state index in [2.05, 4.69) is 6.92 Å². The van der Waals surface area contributed by atoms with Gasteiger partial charge >= 0.3 is 0 Å². The highest BCUT2D eigenvalue weighted by Gasteiger charge is 2.05. The van der Waals surface area contributed by atoms with Crippen LogP contribution in [0.4, 0.5) is 0 Å². The van der Waals surface area contributed by atoms with E-state index in [4.69, 9.17) is 0 Å². The summed E-state index contributed by atoms with van der Waals surface area (Å²) in [6.07, 6.45) is 18.5. The average molecular weight is 319 g/mol. The first-order valence-corrected chi connectivity index (χ1v) is 10.1. The number of hydrogen-bond donors (Lipinski definition) is 1. The number of rotatable bonds is 15. The quantitative estimate of drug-likeness (QED) is 0.339. The minimum absolute atomic E-state index is 0.274. The number of unbranched alkanes of at least 4 members (excludes halogenated alkanes) is 12. The molecule has 132 valence electrons. The van der Waals surface area contributed by atoms with Crippen LogP contribution >= 0.6 is 0 Å². The molecule has 0 aliphatic rings. The lowest BCUT2D eigenvalue weighted by atomic mass is 10.0. The molecule has 0 heterocycles. The van der Waals surface area contributed by atoms with Gasteiger partial charge in [-0.25, -0.2) is 0 Å². The molecule has 1 rings (SSSR count). The number of aliphatic hydroxyl groups is 1. The fraction of sp³-hybridized carbons (Fsp3) is 0.727. The van der Waals surface area contributed by atoms with Crippen LogP contribution in [0.15, 0.2) is 30.3 Å². The van der Waals surface area contributed by atoms with Crippen molar-refractivity contribution >= 4 is 0 Å². The van der Waals surface area contributed by atoms with Gasteiger partial charge in [0.25, 0.3) is 0 Å². The Morgan fingerprint density at radius 2 is 1.09 bits per heavy atom. The van der Waals surface area contributed by atoms with Crippen LogP contribution in [0.2, 0.25) is 0 Å². The maximum absolute atomic E-state index is 10.1. The van der Waals surface area contributed by atoms with Crippen molar-refractivity contribution in [2.45, 2.75) is 103 Å². The number of aliphatic hydroxyl groups excluding tert-OH is 1. The summed E-state index contributed by atoms with van der Waals surface area (Å²) >= 11 is 0. The predicted molar refractivity (Wildman–Crippen MR) is 102 cm³/mol. The summed E-state index contributed by atoms with van der Waals surface area (Å²) in [6.45, 7) is 2.28. The van der Waals surface area contributed by atoms with Crippen LogP contribution in [-0.2, 0) is 0 Å². The third kappa shape index (κ3) is 11.4. The SMILES string of the molecule is CCCCCCCCCCCCCCC[C@H](O)c1ccccc1. The first kappa shape index (κ1) is 20.2. The standard InChI is InChI=1S/C22H38O/c1-2-3-4-5-6-7-8-9-10-11-12-13-17-20-22(23)21-18-15-14-16-19-21/h14-16,18-19,22-23H,2-13,17,20H2,1H3/t22-/m0/s1. The zero-order valence-electron chi connectivity index (χ0n) is 15.3. The molecule has 0 fully saturated rings. The van der Waals surface area contributed by atoms with Crippen molar-refractivity contribution in [2.75, 3.05) is 0 Å². The molecule has 0 unspecified atom stereocenters. The third-order valence-electron chi connectivity index (χ3n) is 4.77. The molecule has 0 bridgehead atoms. The molecule has 0 radical (unpaired) electrons. The number of hydrogen-bond acceptors (Lipinski definition) is 1. The predicted octanol–water partition coefficient (Wildman–Crippen LogP) is 7.20. The van der Waals surface area contributed by atoms with Crippen LogP contribution < -0.4 is 0 Å². The van der Waals surface area contributed by atoms with Gasteiger partial charge in [0.1, 0.15) is 0 Å². The fourth-order valence-electron chi connectivity index (χ4n) is 3.20. The van der Waals surface area contributed by atoms with Gasteiger partial charge < -0.3 is 5.11 Å². The molecule has 1 N–H and O–H groups in total. The second-order valence-electron chi connectivity index (χ2n) is 6.96. The van der Waals surface area contributed by atoms with Crippen molar-refractivity contribution in [3.05, 3.63) is 35.9 Å². The van der Waals surface area contributed by atoms with E-state index in [9.17, 15) is 5.11 Å². The topological polar surface area (TPSA) is 20.2 Å². The van der Waals surface area contributed by atoms with Gasteiger partial charge in [0.2, 0.25) is 0 Å². The maximum atomic E-state index is 10.1. The van der Waals surface area contributed by atoms with Crippen LogP contribution in [0.25, 0.3) is 0 Å². The largest absolute Gasteiger partial charge is 0.388 e. The van der Waals surface area contributed by atoms with Crippen LogP contribution in [0.1, 0.15) is 108 Å². The average Bonchev–Trinajstić information content (AvgIpc) is 2.59. The lowest BCUT2D eigenvalue weighted by Gasteiger charge is -2.10. The van der Waals surface area contributed by atoms with Gasteiger partial charge in [0.05, 0.1) is 6.10 Å². The van der Waals surface area contributed by atoms with E-state index in [1.54, 1.807) is 0 Å². The summed E-state index contributed by atoms with van der Waals surface area (Å²) in [5.41, 5.74) is 1.06. The molecule has 0 aliphatic carbocycles. The van der Waals surface area contributed by atoms with E-state index in [1.807, 2.05) is 30.3 Å². The third-order valence-corrected chi connectivity index (χ3v) is 4.77. The molecule has 1 aromatic carbocycles. The summed E-state index contributed by atoms with van der Waals surface area (Å²) in [4.78, 5) is 0. The van der Waals surface area contributed by atoms with Crippen molar-refractivity contribution in [3.8, 4) is 0 Å². The maximum Gasteiger partial charge on any atom is 0.0790 e. The molecule has 0 amide bonds. The van der Waals surface area contributed by atoms with Gasteiger partial charge in [-0.1, -0.05) is 121 Å². The Balaban J connectivity index is 1.81. The van der Waals surface area contributed by atoms with E-state index in [-0.39, 0.29) is 6.10 Å². The molecular weight excluding hydrogens is 280 g/mol. The van der Waals surface area contributed by atoms with Crippen LogP contribution in [0.5, 0.6) is 0 Å². The normalized spacial score (nSPS) is 12.4. The molecule has 1 nitrogen and oxygen atoms in total. The fourth-order valence-corrected chi connectivity index (χ4v) is 3.20. The molecule has 1 heteroatoms. The van der Waals surface area contributed by atoms with E-state index in [0.29, 0.717) is 0 Å². The minimum Gasteiger partial charge on any atom is -0.388 e. The summed E-state index contributed by atoms with van der Waals surface area (Å²) in [5, 5.41) is 10.1. The molecule has 0 aliphatic heterocycles. The smallest absolute Gasteiger partial charge is 0.0790 e. The molecule has 0 aromatic heterocycles. The molecule has 23 heavy (non-hydrogen) atoms. The van der Waals surface area contributed by atoms with Crippen molar-refractivity contribution in [1.82, 2.24) is 0 Å². The molecule has 0 spiro atoms. The van der Waals surface area contributed by atoms with E-state index < -0.39 is 0 Å². The van der Waals surface area contributed by atoms with Gasteiger partial charge in [-0.3, -0.25) is 0 Å². The Hall–Kier alpha value is -0.820. The first-order valence-electron chi connectivity index (χ1n) is 10.1. The van der Waals surface area contributed by atoms with E-state index in [0.717, 1.165) is 18.4 Å². The zero-order chi connectivity index (χ0) is 16.6. The second kappa shape index (κ2) is 14.8. The van der Waals surface area contributed by atoms with Gasteiger partial charge in [0.15, 0.2) is 0 Å². The summed E-state index contributed by atoms with van der Waals surface area (Å²) in [5.74, 6) is 0. The molecule has 0 saturated heterocycles. The molecule has 0 saturated carbocycles. The highest BCUT2D eigenvalue weighted by molar-refractivity contribution is 5.16. The molecule has 1 aromatic rings. The van der Waals surface area contributed by atoms with Crippen molar-refractivity contribution in [2.24, 2.45) is 0 Å². The van der Waals surface area contributed by atoms with Gasteiger partial charge in [-0.05, 0) is 12.0 Å². The molecule has 1 atom stereocenters. The van der Waals surface area contributed by atoms with Gasteiger partial charge in [-0.2, -0.15) is 0 Å². The highest BCUT2D eigenvalue weighted by atomic mass is 16.3. The zero-order valence-corrected chi connectivity index (χ0v) is 15.3. The van der Waals surface area contributed by atoms with Crippen molar-refractivity contribution < 1.29 is 5.11 Å². The second-order valence-corrected chi connectivity index (χ2v) is 6.96.